The molecule has 4 N–H and O–H groups in total. The maximum Gasteiger partial charge on any atom is 0.223 e. The Balaban J connectivity index is 1.84. The van der Waals surface area contributed by atoms with Gasteiger partial charge < -0.3 is 15.2 Å². The number of sulfonamides is 1. The standard InChI is InChI=1S/C24H30ClN5O4S2/c1-3-19(36(26,32)33)16-5-4-6-17(20(16)25)21-22(35-23(30-21)15-8-11-34-12-9-15)18-7-10-27-24(29-18)28-13-14(2)31/h4-7,10,14-15,19,31H,3,8-9,11-13H2,1-2H3,(H2,26,32,33)(H,27,28,29)/t14-,19?/m0/s1. The van der Waals surface area contributed by atoms with E-state index in [1.807, 2.05) is 6.07 Å². The summed E-state index contributed by atoms with van der Waals surface area (Å²) in [7, 11) is -3.85. The minimum Gasteiger partial charge on any atom is -0.392 e. The summed E-state index contributed by atoms with van der Waals surface area (Å²) in [6.07, 6.45) is 3.13. The zero-order valence-corrected chi connectivity index (χ0v) is 22.5. The molecule has 3 aromatic rings. The van der Waals surface area contributed by atoms with Gasteiger partial charge in [-0.3, -0.25) is 0 Å². The van der Waals surface area contributed by atoms with Crippen LogP contribution in [0.4, 0.5) is 5.95 Å². The molecule has 0 saturated carbocycles. The Morgan fingerprint density at radius 2 is 2.03 bits per heavy atom. The number of nitrogens with zero attached hydrogens (tertiary/aromatic N) is 3. The number of thiazole rings is 1. The van der Waals surface area contributed by atoms with Crippen LogP contribution in [0.15, 0.2) is 30.5 Å². The Morgan fingerprint density at radius 1 is 1.28 bits per heavy atom. The zero-order chi connectivity index (χ0) is 25.9. The van der Waals surface area contributed by atoms with Gasteiger partial charge >= 0.3 is 0 Å². The van der Waals surface area contributed by atoms with Gasteiger partial charge in [-0.05, 0) is 37.8 Å². The minimum atomic E-state index is -3.85. The molecule has 0 spiro atoms. The fourth-order valence-corrected chi connectivity index (χ4v) is 6.88. The third-order valence-electron chi connectivity index (χ3n) is 6.06. The number of nitrogens with one attached hydrogen (secondary N) is 1. The lowest BCUT2D eigenvalue weighted by Gasteiger charge is -2.19. The number of aliphatic hydroxyl groups is 1. The number of aliphatic hydroxyl groups excluding tert-OH is 1. The highest BCUT2D eigenvalue weighted by atomic mass is 35.5. The molecule has 4 rings (SSSR count). The van der Waals surface area contributed by atoms with Crippen LogP contribution in [0.1, 0.15) is 54.8 Å². The molecule has 2 aromatic heterocycles. The second-order valence-corrected chi connectivity index (χ2v) is 12.0. The van der Waals surface area contributed by atoms with E-state index in [2.05, 4.69) is 15.3 Å². The predicted molar refractivity (Wildman–Crippen MR) is 143 cm³/mol. The minimum absolute atomic E-state index is 0.251. The molecule has 1 aliphatic rings. The van der Waals surface area contributed by atoms with E-state index in [1.165, 1.54) is 0 Å². The van der Waals surface area contributed by atoms with Crippen LogP contribution in [-0.4, -0.2) is 54.3 Å². The lowest BCUT2D eigenvalue weighted by molar-refractivity contribution is 0.0853. The Morgan fingerprint density at radius 3 is 2.69 bits per heavy atom. The number of aromatic nitrogens is 3. The molecule has 36 heavy (non-hydrogen) atoms. The van der Waals surface area contributed by atoms with Crippen molar-refractivity contribution in [2.24, 2.45) is 5.14 Å². The van der Waals surface area contributed by atoms with Crippen molar-refractivity contribution < 1.29 is 18.3 Å². The van der Waals surface area contributed by atoms with E-state index in [0.717, 1.165) is 22.7 Å². The molecule has 3 heterocycles. The first kappa shape index (κ1) is 26.9. The average molecular weight is 552 g/mol. The smallest absolute Gasteiger partial charge is 0.223 e. The first-order chi connectivity index (χ1) is 17.2. The van der Waals surface area contributed by atoms with Gasteiger partial charge in [0.2, 0.25) is 16.0 Å². The molecule has 2 atom stereocenters. The Bertz CT molecular complexity index is 1310. The first-order valence-electron chi connectivity index (χ1n) is 11.8. The summed E-state index contributed by atoms with van der Waals surface area (Å²) in [6.45, 7) is 5.11. The van der Waals surface area contributed by atoms with Crippen LogP contribution < -0.4 is 10.5 Å². The molecular weight excluding hydrogens is 522 g/mol. The summed E-state index contributed by atoms with van der Waals surface area (Å²) in [5, 5.41) is 18.5. The van der Waals surface area contributed by atoms with Crippen LogP contribution in [0.3, 0.4) is 0 Å². The molecule has 0 radical (unpaired) electrons. The van der Waals surface area contributed by atoms with Crippen LogP contribution in [-0.2, 0) is 14.8 Å². The molecule has 0 bridgehead atoms. The van der Waals surface area contributed by atoms with Crippen molar-refractivity contribution in [1.29, 1.82) is 0 Å². The third kappa shape index (κ3) is 6.04. The van der Waals surface area contributed by atoms with Crippen LogP contribution in [0.2, 0.25) is 5.02 Å². The van der Waals surface area contributed by atoms with Crippen molar-refractivity contribution in [2.45, 2.75) is 50.4 Å². The van der Waals surface area contributed by atoms with E-state index in [4.69, 9.17) is 26.5 Å². The number of benzene rings is 1. The second-order valence-electron chi connectivity index (χ2n) is 8.81. The monoisotopic (exact) mass is 551 g/mol. The number of anilines is 1. The quantitative estimate of drug-likeness (QED) is 0.356. The highest BCUT2D eigenvalue weighted by Crippen LogP contribution is 2.44. The van der Waals surface area contributed by atoms with Gasteiger partial charge in [0.15, 0.2) is 0 Å². The van der Waals surface area contributed by atoms with Gasteiger partial charge in [-0.15, -0.1) is 11.3 Å². The molecule has 1 saturated heterocycles. The van der Waals surface area contributed by atoms with Gasteiger partial charge in [0.1, 0.15) is 5.25 Å². The van der Waals surface area contributed by atoms with Crippen molar-refractivity contribution in [3.05, 3.63) is 46.1 Å². The van der Waals surface area contributed by atoms with Gasteiger partial charge in [0, 0.05) is 37.4 Å². The highest BCUT2D eigenvalue weighted by molar-refractivity contribution is 7.89. The Hall–Kier alpha value is -2.15. The summed E-state index contributed by atoms with van der Waals surface area (Å²) < 4.78 is 30.1. The van der Waals surface area contributed by atoms with Crippen LogP contribution in [0.5, 0.6) is 0 Å². The van der Waals surface area contributed by atoms with Gasteiger partial charge in [0.25, 0.3) is 0 Å². The SMILES string of the molecule is CCC(c1cccc(-c2nc(C3CCOCC3)sc2-c2ccnc(NC[C@H](C)O)n2)c1Cl)S(N)(=O)=O. The van der Waals surface area contributed by atoms with Gasteiger partial charge in [0.05, 0.1) is 32.4 Å². The average Bonchev–Trinajstić information content (AvgIpc) is 3.29. The number of primary sulfonamides is 1. The lowest BCUT2D eigenvalue weighted by Crippen LogP contribution is -2.21. The summed E-state index contributed by atoms with van der Waals surface area (Å²) in [6, 6.07) is 7.10. The fraction of sp³-hybridized carbons (Fsp3) is 0.458. The van der Waals surface area contributed by atoms with Crippen molar-refractivity contribution in [1.82, 2.24) is 15.0 Å². The summed E-state index contributed by atoms with van der Waals surface area (Å²) in [5.41, 5.74) is 2.37. The first-order valence-corrected chi connectivity index (χ1v) is 14.6. The summed E-state index contributed by atoms with van der Waals surface area (Å²) in [4.78, 5) is 14.7. The van der Waals surface area contributed by atoms with E-state index in [-0.39, 0.29) is 5.92 Å². The number of nitrogens with two attached hydrogens (primary N) is 1. The van der Waals surface area contributed by atoms with Crippen molar-refractivity contribution in [2.75, 3.05) is 25.1 Å². The van der Waals surface area contributed by atoms with Crippen molar-refractivity contribution in [3.8, 4) is 21.8 Å². The summed E-state index contributed by atoms with van der Waals surface area (Å²) >= 11 is 8.39. The highest BCUT2D eigenvalue weighted by Gasteiger charge is 2.28. The molecule has 1 aliphatic heterocycles. The van der Waals surface area contributed by atoms with E-state index in [9.17, 15) is 13.5 Å². The van der Waals surface area contributed by atoms with Crippen LogP contribution in [0, 0.1) is 0 Å². The summed E-state index contributed by atoms with van der Waals surface area (Å²) in [5.74, 6) is 0.640. The van der Waals surface area contributed by atoms with Gasteiger partial charge in [-0.1, -0.05) is 36.7 Å². The molecule has 0 amide bonds. The largest absolute Gasteiger partial charge is 0.392 e. The van der Waals surface area contributed by atoms with Crippen LogP contribution >= 0.6 is 22.9 Å². The molecular formula is C24H30ClN5O4S2. The maximum absolute atomic E-state index is 12.3. The molecule has 1 aromatic carbocycles. The van der Waals surface area contributed by atoms with Gasteiger partial charge in [-0.25, -0.2) is 28.5 Å². The predicted octanol–water partition coefficient (Wildman–Crippen LogP) is 4.35. The van der Waals surface area contributed by atoms with E-state index >= 15 is 0 Å². The van der Waals surface area contributed by atoms with Crippen molar-refractivity contribution in [3.63, 3.8) is 0 Å². The Labute approximate surface area is 220 Å². The third-order valence-corrected chi connectivity index (χ3v) is 9.10. The van der Waals surface area contributed by atoms with Gasteiger partial charge in [-0.2, -0.15) is 0 Å². The topological polar surface area (TPSA) is 140 Å². The maximum atomic E-state index is 12.3. The molecule has 12 heteroatoms. The number of hydrogen-bond acceptors (Lipinski definition) is 9. The van der Waals surface area contributed by atoms with Crippen LogP contribution in [0.25, 0.3) is 21.8 Å². The fourth-order valence-electron chi connectivity index (χ4n) is 4.23. The molecule has 9 nitrogen and oxygen atoms in total. The molecule has 194 valence electrons. The molecule has 1 unspecified atom stereocenters. The van der Waals surface area contributed by atoms with E-state index < -0.39 is 21.4 Å². The molecule has 0 aliphatic carbocycles. The number of rotatable bonds is 9. The number of ether oxygens (including phenoxy) is 1. The Kier molecular flexibility index (Phi) is 8.59. The number of hydrogen-bond donors (Lipinski definition) is 3. The normalized spacial score (nSPS) is 16.6. The molecule has 1 fully saturated rings. The zero-order valence-electron chi connectivity index (χ0n) is 20.1. The number of halogens is 1. The lowest BCUT2D eigenvalue weighted by atomic mass is 10.0. The van der Waals surface area contributed by atoms with E-state index in [0.29, 0.717) is 59.7 Å². The van der Waals surface area contributed by atoms with Crippen molar-refractivity contribution >= 4 is 38.9 Å². The second kappa shape index (κ2) is 11.5. The van der Waals surface area contributed by atoms with E-state index in [1.54, 1.807) is 49.6 Å².